The van der Waals surface area contributed by atoms with Crippen LogP contribution in [0.2, 0.25) is 0 Å². The molecule has 1 aliphatic heterocycles. The number of hydrogen-bond donors (Lipinski definition) is 1. The summed E-state index contributed by atoms with van der Waals surface area (Å²) in [6.07, 6.45) is 3.80. The minimum absolute atomic E-state index is 0.668. The van der Waals surface area contributed by atoms with Crippen LogP contribution >= 0.6 is 11.8 Å². The van der Waals surface area contributed by atoms with Gasteiger partial charge in [0.15, 0.2) is 0 Å². The third-order valence-electron chi connectivity index (χ3n) is 3.73. The molecule has 0 aromatic heterocycles. The van der Waals surface area contributed by atoms with Gasteiger partial charge in [-0.3, -0.25) is 0 Å². The molecule has 1 N–H and O–H groups in total. The molecule has 18 heavy (non-hydrogen) atoms. The smallest absolute Gasteiger partial charge is 0.0144 e. The van der Waals surface area contributed by atoms with Crippen LogP contribution in [-0.4, -0.2) is 24.1 Å². The predicted octanol–water partition coefficient (Wildman–Crippen LogP) is 3.66. The third kappa shape index (κ3) is 4.03. The Morgan fingerprint density at radius 1 is 1.44 bits per heavy atom. The van der Waals surface area contributed by atoms with E-state index in [0.717, 1.165) is 12.5 Å². The Balaban J connectivity index is 1.99. The minimum atomic E-state index is 0.668. The van der Waals surface area contributed by atoms with Crippen LogP contribution in [0.25, 0.3) is 0 Å². The number of thioether (sulfide) groups is 1. The summed E-state index contributed by atoms with van der Waals surface area (Å²) in [5.41, 5.74) is 2.86. The van der Waals surface area contributed by atoms with Crippen molar-refractivity contribution in [3.05, 3.63) is 35.4 Å². The number of nitrogens with one attached hydrogen (secondary N) is 1. The van der Waals surface area contributed by atoms with Crippen molar-refractivity contribution in [1.82, 2.24) is 5.32 Å². The molecule has 1 fully saturated rings. The first-order valence-corrected chi connectivity index (χ1v) is 8.31. The predicted molar refractivity (Wildman–Crippen MR) is 82.4 cm³/mol. The monoisotopic (exact) mass is 263 g/mol. The summed E-state index contributed by atoms with van der Waals surface area (Å²) in [4.78, 5) is 0. The van der Waals surface area contributed by atoms with Crippen molar-refractivity contribution in [2.45, 2.75) is 39.2 Å². The molecule has 1 heterocycles. The largest absolute Gasteiger partial charge is 0.313 e. The van der Waals surface area contributed by atoms with E-state index in [1.165, 1.54) is 41.9 Å². The maximum atomic E-state index is 3.77. The molecule has 0 bridgehead atoms. The SMILES string of the molecule is CCCNC(Cc1cccc(C)c1)C1CCSC1. The first-order valence-electron chi connectivity index (χ1n) is 7.16. The fourth-order valence-electron chi connectivity index (χ4n) is 2.70. The molecule has 100 valence electrons. The molecule has 2 unspecified atom stereocenters. The molecule has 0 radical (unpaired) electrons. The quantitative estimate of drug-likeness (QED) is 0.840. The molecule has 0 spiro atoms. The highest BCUT2D eigenvalue weighted by Gasteiger charge is 2.24. The second-order valence-corrected chi connectivity index (χ2v) is 6.53. The highest BCUT2D eigenvalue weighted by molar-refractivity contribution is 7.99. The summed E-state index contributed by atoms with van der Waals surface area (Å²) >= 11 is 2.12. The summed E-state index contributed by atoms with van der Waals surface area (Å²) in [5.74, 6) is 3.55. The van der Waals surface area contributed by atoms with Crippen LogP contribution in [-0.2, 0) is 6.42 Å². The van der Waals surface area contributed by atoms with E-state index in [2.05, 4.69) is 55.2 Å². The average Bonchev–Trinajstić information content (AvgIpc) is 2.88. The second kappa shape index (κ2) is 7.20. The molecule has 1 aromatic rings. The van der Waals surface area contributed by atoms with E-state index < -0.39 is 0 Å². The zero-order valence-corrected chi connectivity index (χ0v) is 12.4. The average molecular weight is 263 g/mol. The Hall–Kier alpha value is -0.470. The molecule has 1 aromatic carbocycles. The van der Waals surface area contributed by atoms with Crippen molar-refractivity contribution in [3.63, 3.8) is 0 Å². The van der Waals surface area contributed by atoms with Gasteiger partial charge in [-0.1, -0.05) is 36.8 Å². The standard InChI is InChI=1S/C16H25NS/c1-3-8-17-16(15-7-9-18-12-15)11-14-6-4-5-13(2)10-14/h4-6,10,15-17H,3,7-9,11-12H2,1-2H3. The van der Waals surface area contributed by atoms with Crippen LogP contribution < -0.4 is 5.32 Å². The van der Waals surface area contributed by atoms with E-state index in [-0.39, 0.29) is 0 Å². The lowest BCUT2D eigenvalue weighted by molar-refractivity contribution is 0.380. The van der Waals surface area contributed by atoms with Gasteiger partial charge in [0, 0.05) is 6.04 Å². The van der Waals surface area contributed by atoms with Gasteiger partial charge in [0.2, 0.25) is 0 Å². The molecule has 0 saturated carbocycles. The van der Waals surface area contributed by atoms with E-state index in [9.17, 15) is 0 Å². The zero-order valence-electron chi connectivity index (χ0n) is 11.6. The van der Waals surface area contributed by atoms with E-state index in [1.54, 1.807) is 0 Å². The van der Waals surface area contributed by atoms with Gasteiger partial charge in [0.1, 0.15) is 0 Å². The molecule has 2 atom stereocenters. The van der Waals surface area contributed by atoms with Gasteiger partial charge in [-0.2, -0.15) is 11.8 Å². The fraction of sp³-hybridized carbons (Fsp3) is 0.625. The molecule has 1 nitrogen and oxygen atoms in total. The van der Waals surface area contributed by atoms with Gasteiger partial charge in [0.05, 0.1) is 0 Å². The third-order valence-corrected chi connectivity index (χ3v) is 4.92. The zero-order chi connectivity index (χ0) is 12.8. The van der Waals surface area contributed by atoms with Crippen molar-refractivity contribution < 1.29 is 0 Å². The topological polar surface area (TPSA) is 12.0 Å². The summed E-state index contributed by atoms with van der Waals surface area (Å²) in [7, 11) is 0. The minimum Gasteiger partial charge on any atom is -0.313 e. The Morgan fingerprint density at radius 3 is 3.00 bits per heavy atom. The molecule has 0 aliphatic carbocycles. The lowest BCUT2D eigenvalue weighted by Gasteiger charge is -2.24. The van der Waals surface area contributed by atoms with Crippen molar-refractivity contribution >= 4 is 11.8 Å². The fourth-order valence-corrected chi connectivity index (χ4v) is 4.04. The normalized spacial score (nSPS) is 21.1. The molecule has 2 heteroatoms. The Morgan fingerprint density at radius 2 is 2.33 bits per heavy atom. The van der Waals surface area contributed by atoms with Crippen molar-refractivity contribution in [1.29, 1.82) is 0 Å². The van der Waals surface area contributed by atoms with Crippen LogP contribution in [0.5, 0.6) is 0 Å². The maximum absolute atomic E-state index is 3.77. The molecule has 1 aliphatic rings. The van der Waals surface area contributed by atoms with Crippen LogP contribution in [0, 0.1) is 12.8 Å². The summed E-state index contributed by atoms with van der Waals surface area (Å²) in [6.45, 7) is 5.58. The van der Waals surface area contributed by atoms with Crippen molar-refractivity contribution in [2.24, 2.45) is 5.92 Å². The van der Waals surface area contributed by atoms with Gasteiger partial charge < -0.3 is 5.32 Å². The van der Waals surface area contributed by atoms with Crippen LogP contribution in [0.4, 0.5) is 0 Å². The number of hydrogen-bond acceptors (Lipinski definition) is 2. The number of benzene rings is 1. The summed E-state index contributed by atoms with van der Waals surface area (Å²) in [6, 6.07) is 9.65. The van der Waals surface area contributed by atoms with E-state index >= 15 is 0 Å². The van der Waals surface area contributed by atoms with Gasteiger partial charge >= 0.3 is 0 Å². The van der Waals surface area contributed by atoms with Gasteiger partial charge in [0.25, 0.3) is 0 Å². The van der Waals surface area contributed by atoms with Gasteiger partial charge in [-0.25, -0.2) is 0 Å². The van der Waals surface area contributed by atoms with Crippen molar-refractivity contribution in [3.8, 4) is 0 Å². The number of rotatable bonds is 6. The highest BCUT2D eigenvalue weighted by Crippen LogP contribution is 2.28. The van der Waals surface area contributed by atoms with Crippen molar-refractivity contribution in [2.75, 3.05) is 18.1 Å². The first kappa shape index (κ1) is 14.0. The molecule has 1 saturated heterocycles. The lowest BCUT2D eigenvalue weighted by atomic mass is 9.92. The second-order valence-electron chi connectivity index (χ2n) is 5.38. The Kier molecular flexibility index (Phi) is 5.58. The molecule has 2 rings (SSSR count). The molecular weight excluding hydrogens is 238 g/mol. The van der Waals surface area contributed by atoms with Crippen LogP contribution in [0.1, 0.15) is 30.9 Å². The van der Waals surface area contributed by atoms with Crippen LogP contribution in [0.3, 0.4) is 0 Å². The summed E-state index contributed by atoms with van der Waals surface area (Å²) < 4.78 is 0. The van der Waals surface area contributed by atoms with E-state index in [1.807, 2.05) is 0 Å². The molecular formula is C16H25NS. The van der Waals surface area contributed by atoms with Gasteiger partial charge in [-0.15, -0.1) is 0 Å². The van der Waals surface area contributed by atoms with E-state index in [0.29, 0.717) is 6.04 Å². The van der Waals surface area contributed by atoms with Gasteiger partial charge in [-0.05, 0) is 55.7 Å². The van der Waals surface area contributed by atoms with E-state index in [4.69, 9.17) is 0 Å². The number of aryl methyl sites for hydroxylation is 1. The summed E-state index contributed by atoms with van der Waals surface area (Å²) in [5, 5.41) is 3.77. The Labute approximate surface area is 116 Å². The molecule has 0 amide bonds. The lowest BCUT2D eigenvalue weighted by Crippen LogP contribution is -2.38. The maximum Gasteiger partial charge on any atom is 0.0144 e. The highest BCUT2D eigenvalue weighted by atomic mass is 32.2. The first-order chi connectivity index (χ1) is 8.79. The van der Waals surface area contributed by atoms with Crippen LogP contribution in [0.15, 0.2) is 24.3 Å². The Bertz CT molecular complexity index is 358.